The number of piperidine rings is 1. The van der Waals surface area contributed by atoms with Gasteiger partial charge in [0.2, 0.25) is 5.13 Å². The molecule has 3 aromatic rings. The van der Waals surface area contributed by atoms with E-state index in [4.69, 9.17) is 0 Å². The molecule has 2 fully saturated rings. The molecule has 0 N–H and O–H groups in total. The van der Waals surface area contributed by atoms with Crippen LogP contribution in [0.5, 0.6) is 0 Å². The molecule has 3 aromatic heterocycles. The molecule has 4 heterocycles. The fourth-order valence-corrected chi connectivity index (χ4v) is 4.87. The minimum absolute atomic E-state index is 0.0596. The van der Waals surface area contributed by atoms with E-state index in [1.54, 1.807) is 32.8 Å². The van der Waals surface area contributed by atoms with Crippen LogP contribution in [0.15, 0.2) is 23.0 Å². The van der Waals surface area contributed by atoms with E-state index < -0.39 is 0 Å². The molecule has 0 atom stereocenters. The molecule has 1 aliphatic carbocycles. The van der Waals surface area contributed by atoms with Crippen LogP contribution in [-0.4, -0.2) is 42.8 Å². The monoisotopic (exact) mass is 397 g/mol. The van der Waals surface area contributed by atoms with Gasteiger partial charge >= 0.3 is 0 Å². The van der Waals surface area contributed by atoms with Crippen molar-refractivity contribution in [1.82, 2.24) is 29.8 Å². The van der Waals surface area contributed by atoms with E-state index >= 15 is 0 Å². The molecule has 1 aliphatic heterocycles. The Hall–Kier alpha value is -2.55. The lowest BCUT2D eigenvalue weighted by Crippen LogP contribution is -2.38. The minimum atomic E-state index is -0.0596. The Morgan fingerprint density at radius 1 is 1.04 bits per heavy atom. The summed E-state index contributed by atoms with van der Waals surface area (Å²) in [6.07, 6.45) is 4.23. The lowest BCUT2D eigenvalue weighted by molar-refractivity contribution is 0.351. The minimum Gasteiger partial charge on any atom is -0.347 e. The van der Waals surface area contributed by atoms with Gasteiger partial charge in [-0.2, -0.15) is 5.10 Å². The Morgan fingerprint density at radius 3 is 2.50 bits per heavy atom. The molecular formula is C19H23N7OS. The average Bonchev–Trinajstić information content (AvgIpc) is 3.33. The van der Waals surface area contributed by atoms with Crippen molar-refractivity contribution in [3.63, 3.8) is 0 Å². The predicted octanol–water partition coefficient (Wildman–Crippen LogP) is 2.62. The van der Waals surface area contributed by atoms with Crippen LogP contribution in [0.3, 0.4) is 0 Å². The summed E-state index contributed by atoms with van der Waals surface area (Å²) in [7, 11) is 0. The molecule has 1 saturated carbocycles. The Bertz CT molecular complexity index is 1060. The van der Waals surface area contributed by atoms with Gasteiger partial charge in [-0.15, -0.1) is 15.3 Å². The molecule has 0 bridgehead atoms. The summed E-state index contributed by atoms with van der Waals surface area (Å²) < 4.78 is 3.43. The number of rotatable bonds is 4. The highest BCUT2D eigenvalue weighted by Crippen LogP contribution is 2.43. The summed E-state index contributed by atoms with van der Waals surface area (Å²) in [5.41, 5.74) is 1.89. The third kappa shape index (κ3) is 3.23. The van der Waals surface area contributed by atoms with E-state index in [9.17, 15) is 4.79 Å². The Morgan fingerprint density at radius 2 is 1.82 bits per heavy atom. The zero-order chi connectivity index (χ0) is 19.3. The number of anilines is 1. The summed E-state index contributed by atoms with van der Waals surface area (Å²) in [5, 5.41) is 20.0. The van der Waals surface area contributed by atoms with E-state index in [1.165, 1.54) is 17.8 Å². The maximum atomic E-state index is 12.5. The van der Waals surface area contributed by atoms with Gasteiger partial charge in [0, 0.05) is 30.8 Å². The summed E-state index contributed by atoms with van der Waals surface area (Å²) in [4.78, 5) is 14.8. The average molecular weight is 398 g/mol. The van der Waals surface area contributed by atoms with Crippen molar-refractivity contribution in [2.75, 3.05) is 18.0 Å². The highest BCUT2D eigenvalue weighted by Gasteiger charge is 2.30. The van der Waals surface area contributed by atoms with Gasteiger partial charge in [0.25, 0.3) is 5.56 Å². The molecule has 28 heavy (non-hydrogen) atoms. The van der Waals surface area contributed by atoms with Crippen LogP contribution in [0, 0.1) is 13.8 Å². The first kappa shape index (κ1) is 17.5. The quantitative estimate of drug-likeness (QED) is 0.673. The van der Waals surface area contributed by atoms with E-state index in [2.05, 4.69) is 25.3 Å². The second kappa shape index (κ2) is 6.80. The first-order valence-corrected chi connectivity index (χ1v) is 10.6. The summed E-state index contributed by atoms with van der Waals surface area (Å²) >= 11 is 1.72. The van der Waals surface area contributed by atoms with Gasteiger partial charge in [0.1, 0.15) is 5.01 Å². The highest BCUT2D eigenvalue weighted by molar-refractivity contribution is 7.15. The topological polar surface area (TPSA) is 81.7 Å². The Labute approximate surface area is 166 Å². The standard InChI is InChI=1S/C19H23N7OS/c1-12-11-13(2)25(22-12)16-5-6-17(27)26(23-16)15-7-9-24(10-8-15)19-21-20-18(28-19)14-3-4-14/h5-6,11,14-15H,3-4,7-10H2,1-2H3. The molecule has 0 spiro atoms. The summed E-state index contributed by atoms with van der Waals surface area (Å²) in [6, 6.07) is 5.44. The van der Waals surface area contributed by atoms with Crippen LogP contribution in [0.1, 0.15) is 54.0 Å². The van der Waals surface area contributed by atoms with Crippen LogP contribution < -0.4 is 10.5 Å². The summed E-state index contributed by atoms with van der Waals surface area (Å²) in [6.45, 7) is 5.68. The van der Waals surface area contributed by atoms with E-state index in [0.29, 0.717) is 11.7 Å². The first-order chi connectivity index (χ1) is 13.6. The molecule has 0 radical (unpaired) electrons. The van der Waals surface area contributed by atoms with E-state index in [-0.39, 0.29) is 11.6 Å². The van der Waals surface area contributed by atoms with Crippen molar-refractivity contribution in [3.8, 4) is 5.82 Å². The zero-order valence-corrected chi connectivity index (χ0v) is 16.9. The van der Waals surface area contributed by atoms with Crippen molar-refractivity contribution < 1.29 is 0 Å². The molecule has 1 saturated heterocycles. The predicted molar refractivity (Wildman–Crippen MR) is 107 cm³/mol. The fraction of sp³-hybridized carbons (Fsp3) is 0.526. The number of nitrogens with zero attached hydrogens (tertiary/aromatic N) is 7. The zero-order valence-electron chi connectivity index (χ0n) is 16.1. The highest BCUT2D eigenvalue weighted by atomic mass is 32.1. The SMILES string of the molecule is Cc1cc(C)n(-c2ccc(=O)n(C3CCN(c4nnc(C5CC5)s4)CC3)n2)n1. The third-order valence-corrected chi connectivity index (χ3v) is 6.62. The number of aryl methyl sites for hydroxylation is 2. The van der Waals surface area contributed by atoms with Gasteiger partial charge in [0.15, 0.2) is 5.82 Å². The van der Waals surface area contributed by atoms with Crippen LogP contribution in [0.25, 0.3) is 5.82 Å². The van der Waals surface area contributed by atoms with Crippen molar-refractivity contribution in [2.24, 2.45) is 0 Å². The van der Waals surface area contributed by atoms with E-state index in [1.807, 2.05) is 19.9 Å². The van der Waals surface area contributed by atoms with Gasteiger partial charge in [-0.05, 0) is 51.7 Å². The van der Waals surface area contributed by atoms with Crippen molar-refractivity contribution >= 4 is 16.5 Å². The van der Waals surface area contributed by atoms with Crippen LogP contribution >= 0.6 is 11.3 Å². The van der Waals surface area contributed by atoms with Gasteiger partial charge in [-0.3, -0.25) is 4.79 Å². The molecule has 0 unspecified atom stereocenters. The van der Waals surface area contributed by atoms with E-state index in [0.717, 1.165) is 42.5 Å². The van der Waals surface area contributed by atoms with Crippen LogP contribution in [0.4, 0.5) is 5.13 Å². The molecule has 146 valence electrons. The molecule has 2 aliphatic rings. The maximum Gasteiger partial charge on any atom is 0.267 e. The van der Waals surface area contributed by atoms with Gasteiger partial charge in [-0.25, -0.2) is 9.36 Å². The van der Waals surface area contributed by atoms with Gasteiger partial charge in [-0.1, -0.05) is 11.3 Å². The van der Waals surface area contributed by atoms with Crippen LogP contribution in [0.2, 0.25) is 0 Å². The summed E-state index contributed by atoms with van der Waals surface area (Å²) in [5.74, 6) is 1.33. The fourth-order valence-electron chi connectivity index (χ4n) is 3.80. The lowest BCUT2D eigenvalue weighted by Gasteiger charge is -2.31. The molecule has 8 nitrogen and oxygen atoms in total. The normalized spacial score (nSPS) is 18.0. The largest absolute Gasteiger partial charge is 0.347 e. The lowest BCUT2D eigenvalue weighted by atomic mass is 10.1. The molecule has 0 aromatic carbocycles. The van der Waals surface area contributed by atoms with Crippen molar-refractivity contribution in [2.45, 2.75) is 51.5 Å². The number of aromatic nitrogens is 6. The molecular weight excluding hydrogens is 374 g/mol. The number of hydrogen-bond donors (Lipinski definition) is 0. The van der Waals surface area contributed by atoms with Crippen molar-refractivity contribution in [3.05, 3.63) is 44.9 Å². The first-order valence-electron chi connectivity index (χ1n) is 9.80. The maximum absolute atomic E-state index is 12.5. The number of hydrogen-bond acceptors (Lipinski definition) is 7. The second-order valence-corrected chi connectivity index (χ2v) is 8.72. The van der Waals surface area contributed by atoms with Crippen LogP contribution in [-0.2, 0) is 0 Å². The molecule has 9 heteroatoms. The van der Waals surface area contributed by atoms with Gasteiger partial charge < -0.3 is 4.90 Å². The van der Waals surface area contributed by atoms with Crippen molar-refractivity contribution in [1.29, 1.82) is 0 Å². The van der Waals surface area contributed by atoms with Gasteiger partial charge in [0.05, 0.1) is 11.7 Å². The smallest absolute Gasteiger partial charge is 0.267 e. The Balaban J connectivity index is 1.33. The second-order valence-electron chi connectivity index (χ2n) is 7.73. The third-order valence-electron chi connectivity index (χ3n) is 5.48. The Kier molecular flexibility index (Phi) is 4.26. The molecule has 0 amide bonds. The molecule has 5 rings (SSSR count).